The number of halogens is 1. The molecule has 1 aromatic heterocycles. The summed E-state index contributed by atoms with van der Waals surface area (Å²) in [4.78, 5) is 20.4. The number of carbonyl (C=O) groups excluding carboxylic acids is 1. The second kappa shape index (κ2) is 14.6. The fourth-order valence-corrected chi connectivity index (χ4v) is 2.45. The maximum atomic E-state index is 11.9. The van der Waals surface area contributed by atoms with Crippen molar-refractivity contribution in [3.8, 4) is 0 Å². The van der Waals surface area contributed by atoms with Gasteiger partial charge in [-0.2, -0.15) is 0 Å². The summed E-state index contributed by atoms with van der Waals surface area (Å²) in [5, 5.41) is 9.25. The molecule has 0 spiro atoms. The van der Waals surface area contributed by atoms with Crippen molar-refractivity contribution in [1.82, 2.24) is 20.9 Å². The van der Waals surface area contributed by atoms with E-state index < -0.39 is 0 Å². The van der Waals surface area contributed by atoms with Crippen LogP contribution in [0, 0.1) is 0 Å². The number of carbonyl (C=O) groups is 1. The minimum Gasteiger partial charge on any atom is -0.379 e. The predicted molar refractivity (Wildman–Crippen MR) is 116 cm³/mol. The summed E-state index contributed by atoms with van der Waals surface area (Å²) in [6, 6.07) is 3.48. The quantitative estimate of drug-likeness (QED) is 0.197. The van der Waals surface area contributed by atoms with E-state index in [1.165, 1.54) is 0 Å². The fourth-order valence-electron chi connectivity index (χ4n) is 2.45. The first-order valence-electron chi connectivity index (χ1n) is 9.19. The fraction of sp³-hybridized carbons (Fsp3) is 0.611. The van der Waals surface area contributed by atoms with Crippen LogP contribution in [0.1, 0.15) is 30.1 Å². The highest BCUT2D eigenvalue weighted by Crippen LogP contribution is 2.08. The van der Waals surface area contributed by atoms with Crippen molar-refractivity contribution in [3.05, 3.63) is 30.1 Å². The molecule has 152 valence electrons. The van der Waals surface area contributed by atoms with E-state index in [0.717, 1.165) is 32.0 Å². The van der Waals surface area contributed by atoms with Crippen LogP contribution in [0.25, 0.3) is 0 Å². The Morgan fingerprint density at radius 2 is 2.22 bits per heavy atom. The van der Waals surface area contributed by atoms with Crippen molar-refractivity contribution in [2.75, 3.05) is 46.0 Å². The average Bonchev–Trinajstić information content (AvgIpc) is 3.18. The maximum Gasteiger partial charge on any atom is 0.252 e. The molecule has 1 aliphatic heterocycles. The molecular formula is C18H30IN5O3. The molecule has 3 N–H and O–H groups in total. The van der Waals surface area contributed by atoms with Crippen LogP contribution in [-0.4, -0.2) is 69.0 Å². The van der Waals surface area contributed by atoms with E-state index in [2.05, 4.69) is 25.9 Å². The number of rotatable bonds is 10. The summed E-state index contributed by atoms with van der Waals surface area (Å²) in [7, 11) is 0. The molecule has 1 fully saturated rings. The van der Waals surface area contributed by atoms with Gasteiger partial charge in [-0.3, -0.25) is 14.8 Å². The second-order valence-corrected chi connectivity index (χ2v) is 5.89. The molecule has 9 heteroatoms. The minimum absolute atomic E-state index is 0. The molecule has 0 aromatic carbocycles. The molecule has 2 rings (SSSR count). The highest BCUT2D eigenvalue weighted by molar-refractivity contribution is 14.0. The summed E-state index contributed by atoms with van der Waals surface area (Å²) in [5.74, 6) is 0.613. The topological polar surface area (TPSA) is 96.9 Å². The lowest BCUT2D eigenvalue weighted by molar-refractivity contribution is 0.0424. The molecule has 0 bridgehead atoms. The number of pyridine rings is 1. The third-order valence-corrected chi connectivity index (χ3v) is 3.78. The number of aromatic nitrogens is 1. The second-order valence-electron chi connectivity index (χ2n) is 5.89. The molecule has 2 heterocycles. The first-order chi connectivity index (χ1) is 12.8. The van der Waals surface area contributed by atoms with Gasteiger partial charge in [-0.25, -0.2) is 0 Å². The summed E-state index contributed by atoms with van der Waals surface area (Å²) in [6.45, 7) is 6.78. The van der Waals surface area contributed by atoms with Crippen LogP contribution in [0.3, 0.4) is 0 Å². The number of ether oxygens (including phenoxy) is 2. The number of hydrogen-bond acceptors (Lipinski definition) is 5. The van der Waals surface area contributed by atoms with Crippen LogP contribution in [0.4, 0.5) is 0 Å². The van der Waals surface area contributed by atoms with Gasteiger partial charge in [0, 0.05) is 51.8 Å². The molecule has 1 saturated heterocycles. The van der Waals surface area contributed by atoms with Crippen molar-refractivity contribution in [2.24, 2.45) is 4.99 Å². The molecule has 1 aliphatic rings. The standard InChI is InChI=1S/C18H29N5O3.HI/c1-2-20-18(22-8-4-11-26-16-6-12-25-14-16)23-10-9-21-17(24)15-5-3-7-19-13-15;/h3,5,7,13,16H,2,4,6,8-12,14H2,1H3,(H,21,24)(H2,20,22,23);1H. The van der Waals surface area contributed by atoms with Gasteiger partial charge in [0.15, 0.2) is 5.96 Å². The van der Waals surface area contributed by atoms with Crippen LogP contribution in [0.2, 0.25) is 0 Å². The van der Waals surface area contributed by atoms with E-state index in [1.807, 2.05) is 6.92 Å². The predicted octanol–water partition coefficient (Wildman–Crippen LogP) is 1.18. The van der Waals surface area contributed by atoms with Gasteiger partial charge in [0.1, 0.15) is 0 Å². The van der Waals surface area contributed by atoms with Crippen molar-refractivity contribution in [2.45, 2.75) is 25.9 Å². The molecule has 0 radical (unpaired) electrons. The monoisotopic (exact) mass is 491 g/mol. The van der Waals surface area contributed by atoms with Gasteiger partial charge in [0.2, 0.25) is 0 Å². The van der Waals surface area contributed by atoms with Crippen LogP contribution in [-0.2, 0) is 9.47 Å². The zero-order valence-electron chi connectivity index (χ0n) is 15.8. The summed E-state index contributed by atoms with van der Waals surface area (Å²) >= 11 is 0. The van der Waals surface area contributed by atoms with E-state index in [-0.39, 0.29) is 36.0 Å². The molecule has 1 atom stereocenters. The number of guanidine groups is 1. The lowest BCUT2D eigenvalue weighted by atomic mass is 10.3. The molecule has 0 aliphatic carbocycles. The van der Waals surface area contributed by atoms with Gasteiger partial charge in [-0.05, 0) is 31.9 Å². The van der Waals surface area contributed by atoms with Gasteiger partial charge >= 0.3 is 0 Å². The molecule has 27 heavy (non-hydrogen) atoms. The van der Waals surface area contributed by atoms with E-state index in [1.54, 1.807) is 24.5 Å². The molecule has 8 nitrogen and oxygen atoms in total. The van der Waals surface area contributed by atoms with E-state index in [4.69, 9.17) is 9.47 Å². The Morgan fingerprint density at radius 1 is 1.37 bits per heavy atom. The first-order valence-corrected chi connectivity index (χ1v) is 9.19. The summed E-state index contributed by atoms with van der Waals surface area (Å²) in [5.41, 5.74) is 0.556. The van der Waals surface area contributed by atoms with E-state index in [0.29, 0.717) is 38.4 Å². The number of nitrogens with zero attached hydrogens (tertiary/aromatic N) is 2. The van der Waals surface area contributed by atoms with Crippen molar-refractivity contribution >= 4 is 35.8 Å². The van der Waals surface area contributed by atoms with E-state index in [9.17, 15) is 4.79 Å². The Balaban J connectivity index is 0.00000364. The van der Waals surface area contributed by atoms with Crippen molar-refractivity contribution in [1.29, 1.82) is 0 Å². The zero-order valence-corrected chi connectivity index (χ0v) is 18.1. The minimum atomic E-state index is -0.130. The summed E-state index contributed by atoms with van der Waals surface area (Å²) < 4.78 is 11.0. The number of nitrogens with one attached hydrogen (secondary N) is 3. The number of aliphatic imine (C=N–C) groups is 1. The Labute approximate surface area is 177 Å². The average molecular weight is 491 g/mol. The number of amides is 1. The van der Waals surface area contributed by atoms with Crippen molar-refractivity contribution in [3.63, 3.8) is 0 Å². The molecule has 0 saturated carbocycles. The molecule has 1 amide bonds. The van der Waals surface area contributed by atoms with Crippen LogP contribution in [0.15, 0.2) is 29.5 Å². The highest BCUT2D eigenvalue weighted by atomic mass is 127. The Kier molecular flexibility index (Phi) is 12.7. The van der Waals surface area contributed by atoms with Crippen LogP contribution in [0.5, 0.6) is 0 Å². The van der Waals surface area contributed by atoms with Gasteiger partial charge < -0.3 is 25.4 Å². The molecule has 1 aromatic rings. The smallest absolute Gasteiger partial charge is 0.252 e. The van der Waals surface area contributed by atoms with Gasteiger partial charge in [-0.1, -0.05) is 0 Å². The van der Waals surface area contributed by atoms with E-state index >= 15 is 0 Å². The van der Waals surface area contributed by atoms with Gasteiger partial charge in [0.25, 0.3) is 5.91 Å². The third-order valence-electron chi connectivity index (χ3n) is 3.78. The third kappa shape index (κ3) is 9.87. The maximum absolute atomic E-state index is 11.9. The largest absolute Gasteiger partial charge is 0.379 e. The molecule has 1 unspecified atom stereocenters. The van der Waals surface area contributed by atoms with Crippen molar-refractivity contribution < 1.29 is 14.3 Å². The Hall–Kier alpha value is -1.46. The molecular weight excluding hydrogens is 461 g/mol. The van der Waals surface area contributed by atoms with Crippen LogP contribution >= 0.6 is 24.0 Å². The number of hydrogen-bond donors (Lipinski definition) is 3. The zero-order chi connectivity index (χ0) is 18.5. The van der Waals surface area contributed by atoms with Gasteiger partial charge in [0.05, 0.1) is 18.3 Å². The SMILES string of the molecule is CCNC(=NCCCOC1CCOC1)NCCNC(=O)c1cccnc1.I. The van der Waals surface area contributed by atoms with Gasteiger partial charge in [-0.15, -0.1) is 24.0 Å². The summed E-state index contributed by atoms with van der Waals surface area (Å²) in [6.07, 6.45) is 5.29. The Bertz CT molecular complexity index is 553. The normalized spacial score (nSPS) is 16.5. The van der Waals surface area contributed by atoms with Crippen LogP contribution < -0.4 is 16.0 Å². The Morgan fingerprint density at radius 3 is 2.93 bits per heavy atom. The lowest BCUT2D eigenvalue weighted by Crippen LogP contribution is -2.41. The lowest BCUT2D eigenvalue weighted by Gasteiger charge is -2.12. The first kappa shape index (κ1) is 23.6. The highest BCUT2D eigenvalue weighted by Gasteiger charge is 2.15.